The summed E-state index contributed by atoms with van der Waals surface area (Å²) in [7, 11) is 1.31. The molecule has 0 bridgehead atoms. The molecule has 160 valence electrons. The van der Waals surface area contributed by atoms with Gasteiger partial charge in [0.25, 0.3) is 0 Å². The van der Waals surface area contributed by atoms with Crippen LogP contribution in [0.15, 0.2) is 88.1 Å². The first-order valence-corrected chi connectivity index (χ1v) is 9.92. The van der Waals surface area contributed by atoms with Crippen LogP contribution in [0, 0.1) is 0 Å². The van der Waals surface area contributed by atoms with E-state index in [9.17, 15) is 14.7 Å². The fourth-order valence-corrected chi connectivity index (χ4v) is 3.30. The summed E-state index contributed by atoms with van der Waals surface area (Å²) in [4.78, 5) is 25.0. The molecule has 1 N–H and O–H groups in total. The average Bonchev–Trinajstić information content (AvgIpc) is 2.80. The lowest BCUT2D eigenvalue weighted by Crippen LogP contribution is -2.08. The topological polar surface area (TPSA) is 86.0 Å². The molecule has 0 saturated heterocycles. The van der Waals surface area contributed by atoms with Crippen molar-refractivity contribution < 1.29 is 23.8 Å². The number of hydrogen-bond donors (Lipinski definition) is 1. The number of phenolic OH excluding ortho intramolecular Hbond substituents is 1. The average molecular weight is 428 g/mol. The fourth-order valence-electron chi connectivity index (χ4n) is 3.30. The van der Waals surface area contributed by atoms with E-state index in [0.29, 0.717) is 11.3 Å². The Kier molecular flexibility index (Phi) is 6.03. The van der Waals surface area contributed by atoms with Crippen molar-refractivity contribution in [3.8, 4) is 28.6 Å². The number of carbonyl (C=O) groups is 1. The van der Waals surface area contributed by atoms with E-state index in [4.69, 9.17) is 13.9 Å². The van der Waals surface area contributed by atoms with Gasteiger partial charge in [0.1, 0.15) is 16.7 Å². The number of benzene rings is 3. The van der Waals surface area contributed by atoms with Crippen molar-refractivity contribution in [2.75, 3.05) is 7.11 Å². The second kappa shape index (κ2) is 9.22. The standard InChI is InChI=1S/C26H20O6/c1-30-26-22(32-23(28)14-8-11-17-9-4-2-5-10-17)16-21-24(25(26)29)19(27)15-20(31-21)18-12-6-3-7-13-18/h2-13,15-16,29H,14H2,1H3/b11-8+. The molecule has 0 aliphatic carbocycles. The molecule has 0 saturated carbocycles. The molecule has 32 heavy (non-hydrogen) atoms. The van der Waals surface area contributed by atoms with E-state index >= 15 is 0 Å². The minimum absolute atomic E-state index is 0.00481. The van der Waals surface area contributed by atoms with E-state index in [0.717, 1.165) is 5.56 Å². The van der Waals surface area contributed by atoms with Crippen LogP contribution in [-0.2, 0) is 4.79 Å². The molecule has 4 rings (SSSR count). The maximum Gasteiger partial charge on any atom is 0.315 e. The SMILES string of the molecule is COc1c(OC(=O)C/C=C/c2ccccc2)cc2oc(-c3ccccc3)cc(=O)c2c1O. The van der Waals surface area contributed by atoms with Crippen molar-refractivity contribution >= 4 is 23.0 Å². The number of hydrogen-bond acceptors (Lipinski definition) is 6. The van der Waals surface area contributed by atoms with E-state index in [-0.39, 0.29) is 28.9 Å². The highest BCUT2D eigenvalue weighted by Gasteiger charge is 2.21. The molecule has 0 aliphatic heterocycles. The zero-order valence-corrected chi connectivity index (χ0v) is 17.3. The zero-order valence-electron chi connectivity index (χ0n) is 17.3. The smallest absolute Gasteiger partial charge is 0.315 e. The minimum Gasteiger partial charge on any atom is -0.504 e. The van der Waals surface area contributed by atoms with E-state index in [1.807, 2.05) is 54.6 Å². The van der Waals surface area contributed by atoms with Gasteiger partial charge < -0.3 is 19.0 Å². The molecule has 1 aromatic heterocycles. The van der Waals surface area contributed by atoms with E-state index in [1.54, 1.807) is 18.2 Å². The maximum absolute atomic E-state index is 12.7. The van der Waals surface area contributed by atoms with Crippen molar-refractivity contribution in [3.63, 3.8) is 0 Å². The lowest BCUT2D eigenvalue weighted by atomic mass is 10.1. The van der Waals surface area contributed by atoms with Crippen molar-refractivity contribution in [2.24, 2.45) is 0 Å². The monoisotopic (exact) mass is 428 g/mol. The number of carbonyl (C=O) groups excluding carboxylic acids is 1. The van der Waals surface area contributed by atoms with Gasteiger partial charge in [-0.25, -0.2) is 0 Å². The first-order valence-electron chi connectivity index (χ1n) is 9.92. The Hall–Kier alpha value is -4.32. The van der Waals surface area contributed by atoms with Crippen molar-refractivity contribution in [1.82, 2.24) is 0 Å². The summed E-state index contributed by atoms with van der Waals surface area (Å²) in [5.74, 6) is -0.825. The summed E-state index contributed by atoms with van der Waals surface area (Å²) < 4.78 is 16.5. The van der Waals surface area contributed by atoms with Crippen LogP contribution in [-0.4, -0.2) is 18.2 Å². The Morgan fingerprint density at radius 3 is 2.41 bits per heavy atom. The number of ether oxygens (including phenoxy) is 2. The van der Waals surface area contributed by atoms with Crippen molar-refractivity contribution in [3.05, 3.63) is 94.7 Å². The van der Waals surface area contributed by atoms with Crippen LogP contribution in [0.1, 0.15) is 12.0 Å². The molecule has 0 spiro atoms. The summed E-state index contributed by atoms with van der Waals surface area (Å²) in [6, 6.07) is 21.3. The molecular formula is C26H20O6. The molecular weight excluding hydrogens is 408 g/mol. The number of aromatic hydroxyl groups is 1. The van der Waals surface area contributed by atoms with Gasteiger partial charge in [-0.05, 0) is 5.56 Å². The van der Waals surface area contributed by atoms with Crippen molar-refractivity contribution in [1.29, 1.82) is 0 Å². The normalized spacial score (nSPS) is 11.0. The molecule has 0 atom stereocenters. The largest absolute Gasteiger partial charge is 0.504 e. The molecule has 6 nitrogen and oxygen atoms in total. The van der Waals surface area contributed by atoms with Gasteiger partial charge in [-0.15, -0.1) is 0 Å². The van der Waals surface area contributed by atoms with E-state index in [1.165, 1.54) is 19.2 Å². The van der Waals surface area contributed by atoms with Gasteiger partial charge in [-0.2, -0.15) is 0 Å². The number of esters is 1. The van der Waals surface area contributed by atoms with Crippen LogP contribution in [0.3, 0.4) is 0 Å². The summed E-state index contributed by atoms with van der Waals surface area (Å²) in [6.45, 7) is 0. The first kappa shape index (κ1) is 20.9. The van der Waals surface area contributed by atoms with Gasteiger partial charge in [-0.3, -0.25) is 9.59 Å². The number of methoxy groups -OCH3 is 1. The highest BCUT2D eigenvalue weighted by Crippen LogP contribution is 2.42. The van der Waals surface area contributed by atoms with E-state index < -0.39 is 17.1 Å². The number of rotatable bonds is 6. The summed E-state index contributed by atoms with van der Waals surface area (Å²) in [5.41, 5.74) is 1.30. The quantitative estimate of drug-likeness (QED) is 0.336. The van der Waals surface area contributed by atoms with Crippen LogP contribution < -0.4 is 14.9 Å². The molecule has 0 radical (unpaired) electrons. The third-order valence-corrected chi connectivity index (χ3v) is 4.79. The third kappa shape index (κ3) is 4.39. The first-order chi connectivity index (χ1) is 15.6. The molecule has 0 aliphatic rings. The Balaban J connectivity index is 1.66. The van der Waals surface area contributed by atoms with Crippen molar-refractivity contribution in [2.45, 2.75) is 6.42 Å². The van der Waals surface area contributed by atoms with Gasteiger partial charge in [0.15, 0.2) is 16.9 Å². The second-order valence-electron chi connectivity index (χ2n) is 6.96. The van der Waals surface area contributed by atoms with Gasteiger partial charge in [0, 0.05) is 17.7 Å². The van der Waals surface area contributed by atoms with Gasteiger partial charge >= 0.3 is 5.97 Å². The molecule has 3 aromatic carbocycles. The summed E-state index contributed by atoms with van der Waals surface area (Å²) >= 11 is 0. The van der Waals surface area contributed by atoms with Crippen LogP contribution in [0.4, 0.5) is 0 Å². The zero-order chi connectivity index (χ0) is 22.5. The van der Waals surface area contributed by atoms with Gasteiger partial charge in [-0.1, -0.05) is 72.8 Å². The highest BCUT2D eigenvalue weighted by atomic mass is 16.6. The Labute approximate surface area is 184 Å². The second-order valence-corrected chi connectivity index (χ2v) is 6.96. The predicted molar refractivity (Wildman–Crippen MR) is 122 cm³/mol. The van der Waals surface area contributed by atoms with Gasteiger partial charge in [0.05, 0.1) is 13.5 Å². The number of phenols is 1. The number of fused-ring (bicyclic) bond motifs is 1. The molecule has 0 unspecified atom stereocenters. The summed E-state index contributed by atoms with van der Waals surface area (Å²) in [5, 5.41) is 10.6. The Morgan fingerprint density at radius 2 is 1.72 bits per heavy atom. The van der Waals surface area contributed by atoms with Crippen LogP contribution in [0.2, 0.25) is 0 Å². The molecule has 4 aromatic rings. The molecule has 1 heterocycles. The Bertz CT molecular complexity index is 1340. The summed E-state index contributed by atoms with van der Waals surface area (Å²) in [6.07, 6.45) is 3.49. The van der Waals surface area contributed by atoms with Crippen LogP contribution in [0.5, 0.6) is 17.2 Å². The Morgan fingerprint density at radius 1 is 1.03 bits per heavy atom. The molecule has 0 fully saturated rings. The molecule has 0 amide bonds. The minimum atomic E-state index is -0.559. The lowest BCUT2D eigenvalue weighted by molar-refractivity contribution is -0.133. The third-order valence-electron chi connectivity index (χ3n) is 4.79. The van der Waals surface area contributed by atoms with Gasteiger partial charge in [0.2, 0.25) is 5.75 Å². The fraction of sp³-hybridized carbons (Fsp3) is 0.0769. The molecule has 6 heteroatoms. The van der Waals surface area contributed by atoms with Crippen LogP contribution >= 0.6 is 0 Å². The highest BCUT2D eigenvalue weighted by molar-refractivity contribution is 5.90. The predicted octanol–water partition coefficient (Wildman–Crippen LogP) is 5.18. The lowest BCUT2D eigenvalue weighted by Gasteiger charge is -2.12. The maximum atomic E-state index is 12.7. The van der Waals surface area contributed by atoms with Crippen LogP contribution in [0.25, 0.3) is 28.4 Å². The van der Waals surface area contributed by atoms with E-state index in [2.05, 4.69) is 0 Å².